The predicted molar refractivity (Wildman–Crippen MR) is 114 cm³/mol. The number of aromatic nitrogens is 1. The zero-order valence-electron chi connectivity index (χ0n) is 15.5. The Morgan fingerprint density at radius 1 is 1.48 bits per heavy atom. The van der Waals surface area contributed by atoms with E-state index in [4.69, 9.17) is 10.8 Å². The van der Waals surface area contributed by atoms with Gasteiger partial charge in [-0.3, -0.25) is 14.5 Å². The first kappa shape index (κ1) is 22.6. The van der Waals surface area contributed by atoms with Crippen LogP contribution in [0, 0.1) is 0 Å². The molecular weight excluding hydrogens is 470 g/mol. The molecule has 31 heavy (non-hydrogen) atoms. The van der Waals surface area contributed by atoms with E-state index in [1.807, 2.05) is 0 Å². The second kappa shape index (κ2) is 9.40. The summed E-state index contributed by atoms with van der Waals surface area (Å²) < 4.78 is 0. The normalized spacial score (nSPS) is 20.6. The number of thiazole rings is 1. The SMILES string of the molecule is C=CSC1=C(C(=O)O)N2C(=O)C(NC(=O)/C(=N/OCC(=O)O)c3csc(N)n3)[C@H]2SC1. The monoisotopic (exact) mass is 485 g/mol. The lowest BCUT2D eigenvalue weighted by molar-refractivity contribution is -0.150. The average Bonchev–Trinajstić information content (AvgIpc) is 3.14. The quantitative estimate of drug-likeness (QED) is 0.211. The fraction of sp³-hybridized carbons (Fsp3) is 0.250. The first-order valence-corrected chi connectivity index (χ1v) is 11.2. The Morgan fingerprint density at radius 2 is 2.23 bits per heavy atom. The van der Waals surface area contributed by atoms with Crippen LogP contribution in [0.4, 0.5) is 5.13 Å². The molecule has 0 saturated carbocycles. The molecule has 0 aliphatic carbocycles. The highest BCUT2D eigenvalue weighted by molar-refractivity contribution is 8.08. The van der Waals surface area contributed by atoms with Crippen molar-refractivity contribution in [3.8, 4) is 0 Å². The number of β-lactam (4-membered cyclic amide) rings is 1. The number of nitrogens with two attached hydrogens (primary N) is 1. The molecule has 3 heterocycles. The van der Waals surface area contributed by atoms with Crippen LogP contribution in [0.5, 0.6) is 0 Å². The molecule has 2 amide bonds. The first-order valence-electron chi connectivity index (χ1n) is 8.37. The molecule has 1 fully saturated rings. The zero-order chi connectivity index (χ0) is 22.7. The molecular formula is C16H15N5O7S3. The summed E-state index contributed by atoms with van der Waals surface area (Å²) in [7, 11) is 0. The van der Waals surface area contributed by atoms with E-state index in [1.165, 1.54) is 22.5 Å². The highest BCUT2D eigenvalue weighted by Crippen LogP contribution is 2.43. The fourth-order valence-electron chi connectivity index (χ4n) is 2.74. The second-order valence-corrected chi connectivity index (χ2v) is 8.96. The van der Waals surface area contributed by atoms with Gasteiger partial charge in [-0.15, -0.1) is 23.1 Å². The van der Waals surface area contributed by atoms with Gasteiger partial charge in [0, 0.05) is 16.0 Å². The maximum atomic E-state index is 12.8. The third-order valence-electron chi connectivity index (χ3n) is 3.97. The fourth-order valence-corrected chi connectivity index (χ4v) is 5.46. The van der Waals surface area contributed by atoms with Crippen LogP contribution in [0.1, 0.15) is 5.69 Å². The van der Waals surface area contributed by atoms with Crippen molar-refractivity contribution >= 4 is 69.5 Å². The molecule has 1 unspecified atom stereocenters. The molecule has 1 aromatic rings. The number of nitrogen functional groups attached to an aromatic ring is 1. The average molecular weight is 486 g/mol. The maximum absolute atomic E-state index is 12.8. The van der Waals surface area contributed by atoms with Gasteiger partial charge in [-0.2, -0.15) is 0 Å². The third-order valence-corrected chi connectivity index (χ3v) is 6.90. The standard InChI is InChI=1S/C16H15N5O7S3/c1-2-29-7-5-30-14-10(13(25)21(14)11(7)15(26)27)19-12(24)9(20-28-3-8(22)23)6-4-31-16(17)18-6/h2,4,10,14H,1,3,5H2,(H2,17,18)(H,19,24)(H,22,23)(H,26,27)/b20-9+/t10?,14-/m1/s1. The molecule has 15 heteroatoms. The molecule has 0 spiro atoms. The summed E-state index contributed by atoms with van der Waals surface area (Å²) >= 11 is 3.44. The van der Waals surface area contributed by atoms with Crippen molar-refractivity contribution in [1.82, 2.24) is 15.2 Å². The van der Waals surface area contributed by atoms with E-state index in [-0.39, 0.29) is 22.2 Å². The van der Waals surface area contributed by atoms with E-state index < -0.39 is 41.8 Å². The lowest BCUT2D eigenvalue weighted by Crippen LogP contribution is -2.71. The molecule has 1 aromatic heterocycles. The minimum Gasteiger partial charge on any atom is -0.479 e. The molecule has 2 aliphatic heterocycles. The number of fused-ring (bicyclic) bond motifs is 1. The molecule has 5 N–H and O–H groups in total. The van der Waals surface area contributed by atoms with Gasteiger partial charge in [0.2, 0.25) is 6.61 Å². The van der Waals surface area contributed by atoms with Gasteiger partial charge in [0.1, 0.15) is 22.8 Å². The van der Waals surface area contributed by atoms with Crippen LogP contribution in [-0.2, 0) is 24.0 Å². The number of oxime groups is 1. The number of hydrogen-bond acceptors (Lipinski definition) is 11. The van der Waals surface area contributed by atoms with Gasteiger partial charge >= 0.3 is 11.9 Å². The second-order valence-electron chi connectivity index (χ2n) is 5.90. The molecule has 164 valence electrons. The summed E-state index contributed by atoms with van der Waals surface area (Å²) in [6, 6.07) is -1.01. The van der Waals surface area contributed by atoms with Crippen LogP contribution in [0.25, 0.3) is 0 Å². The lowest BCUT2D eigenvalue weighted by atomic mass is 10.0. The number of aliphatic carboxylic acids is 2. The smallest absolute Gasteiger partial charge is 0.353 e. The van der Waals surface area contributed by atoms with Crippen molar-refractivity contribution in [3.63, 3.8) is 0 Å². The number of nitrogens with one attached hydrogen (secondary N) is 1. The van der Waals surface area contributed by atoms with E-state index >= 15 is 0 Å². The van der Waals surface area contributed by atoms with Crippen molar-refractivity contribution in [1.29, 1.82) is 0 Å². The van der Waals surface area contributed by atoms with E-state index in [0.717, 1.165) is 28.0 Å². The largest absolute Gasteiger partial charge is 0.479 e. The Kier molecular flexibility index (Phi) is 6.87. The Balaban J connectivity index is 1.79. The minimum absolute atomic E-state index is 0.0427. The third kappa shape index (κ3) is 4.67. The van der Waals surface area contributed by atoms with Crippen LogP contribution in [0.3, 0.4) is 0 Å². The van der Waals surface area contributed by atoms with Gasteiger partial charge < -0.3 is 26.1 Å². The number of amides is 2. The predicted octanol–water partition coefficient (Wildman–Crippen LogP) is 0.103. The summed E-state index contributed by atoms with van der Waals surface area (Å²) in [5.74, 6) is -3.68. The van der Waals surface area contributed by atoms with Gasteiger partial charge in [-0.1, -0.05) is 23.5 Å². The van der Waals surface area contributed by atoms with Gasteiger partial charge in [-0.05, 0) is 5.41 Å². The van der Waals surface area contributed by atoms with Crippen molar-refractivity contribution in [3.05, 3.63) is 33.7 Å². The number of rotatable bonds is 9. The van der Waals surface area contributed by atoms with Crippen LogP contribution in [0.15, 0.2) is 33.1 Å². The molecule has 2 aliphatic rings. The highest BCUT2D eigenvalue weighted by Gasteiger charge is 2.54. The maximum Gasteiger partial charge on any atom is 0.353 e. The topological polar surface area (TPSA) is 185 Å². The zero-order valence-corrected chi connectivity index (χ0v) is 18.0. The van der Waals surface area contributed by atoms with Crippen molar-refractivity contribution < 1.29 is 34.2 Å². The van der Waals surface area contributed by atoms with Crippen LogP contribution in [-0.4, -0.2) is 73.3 Å². The summed E-state index contributed by atoms with van der Waals surface area (Å²) in [6.45, 7) is 2.77. The highest BCUT2D eigenvalue weighted by atomic mass is 32.2. The van der Waals surface area contributed by atoms with Crippen molar-refractivity contribution in [2.24, 2.45) is 5.16 Å². The summed E-state index contributed by atoms with van der Waals surface area (Å²) in [5.41, 5.74) is 5.11. The number of thioether (sulfide) groups is 2. The molecule has 0 radical (unpaired) electrons. The van der Waals surface area contributed by atoms with E-state index in [1.54, 1.807) is 0 Å². The summed E-state index contributed by atoms with van der Waals surface area (Å²) in [4.78, 5) is 57.9. The molecule has 3 rings (SSSR count). The molecule has 12 nitrogen and oxygen atoms in total. The number of anilines is 1. The van der Waals surface area contributed by atoms with E-state index in [0.29, 0.717) is 10.7 Å². The Bertz CT molecular complexity index is 1020. The Labute approximate surface area is 187 Å². The van der Waals surface area contributed by atoms with Crippen LogP contribution < -0.4 is 11.1 Å². The van der Waals surface area contributed by atoms with Crippen LogP contribution in [0.2, 0.25) is 0 Å². The van der Waals surface area contributed by atoms with Gasteiger partial charge in [0.25, 0.3) is 11.8 Å². The van der Waals surface area contributed by atoms with Gasteiger partial charge in [0.05, 0.1) is 0 Å². The number of hydrogen-bond donors (Lipinski definition) is 4. The van der Waals surface area contributed by atoms with E-state index in [9.17, 15) is 24.3 Å². The van der Waals surface area contributed by atoms with Crippen molar-refractivity contribution in [2.45, 2.75) is 11.4 Å². The van der Waals surface area contributed by atoms with Crippen LogP contribution >= 0.6 is 34.9 Å². The Hall–Kier alpha value is -3.04. The van der Waals surface area contributed by atoms with Gasteiger partial charge in [-0.25, -0.2) is 14.6 Å². The first-order chi connectivity index (χ1) is 14.7. The summed E-state index contributed by atoms with van der Waals surface area (Å²) in [5, 5.41) is 26.6. The number of nitrogens with zero attached hydrogens (tertiary/aromatic N) is 3. The molecule has 2 atom stereocenters. The van der Waals surface area contributed by atoms with Gasteiger partial charge in [0.15, 0.2) is 10.8 Å². The summed E-state index contributed by atoms with van der Waals surface area (Å²) in [6.07, 6.45) is 0. The van der Waals surface area contributed by atoms with E-state index in [2.05, 4.69) is 26.9 Å². The number of carboxylic acid groups (broad SMARTS) is 2. The Morgan fingerprint density at radius 3 is 2.81 bits per heavy atom. The number of carbonyl (C=O) groups excluding carboxylic acids is 2. The number of carbonyl (C=O) groups is 4. The molecule has 0 bridgehead atoms. The van der Waals surface area contributed by atoms with Crippen molar-refractivity contribution in [2.75, 3.05) is 18.1 Å². The number of carboxylic acids is 2. The molecule has 0 aromatic carbocycles. The lowest BCUT2D eigenvalue weighted by Gasteiger charge is -2.49. The molecule has 1 saturated heterocycles. The minimum atomic E-state index is -1.30.